The van der Waals surface area contributed by atoms with Gasteiger partial charge in [-0.1, -0.05) is 19.9 Å². The zero-order valence-electron chi connectivity index (χ0n) is 8.97. The van der Waals surface area contributed by atoms with E-state index in [9.17, 15) is 4.79 Å². The molecule has 1 unspecified atom stereocenters. The Morgan fingerprint density at radius 1 is 1.60 bits per heavy atom. The maximum Gasteiger partial charge on any atom is 0.303 e. The standard InChI is InChI=1S/C11H16N2O2/c1-11(2,7-9(14)15)10(12)8-5-3-4-6-13-8/h3-6,10H,7,12H2,1-2H3,(H,14,15). The first-order chi connectivity index (χ1) is 6.93. The Kier molecular flexibility index (Phi) is 3.42. The van der Waals surface area contributed by atoms with E-state index in [1.54, 1.807) is 12.3 Å². The summed E-state index contributed by atoms with van der Waals surface area (Å²) in [5, 5.41) is 8.77. The highest BCUT2D eigenvalue weighted by Gasteiger charge is 2.30. The highest BCUT2D eigenvalue weighted by Crippen LogP contribution is 2.33. The van der Waals surface area contributed by atoms with Gasteiger partial charge in [-0.25, -0.2) is 0 Å². The molecule has 0 saturated carbocycles. The Balaban J connectivity index is 2.84. The summed E-state index contributed by atoms with van der Waals surface area (Å²) in [4.78, 5) is 14.8. The fraction of sp³-hybridized carbons (Fsp3) is 0.455. The third kappa shape index (κ3) is 3.02. The van der Waals surface area contributed by atoms with Gasteiger partial charge in [0, 0.05) is 6.20 Å². The first kappa shape index (κ1) is 11.7. The average Bonchev–Trinajstić information content (AvgIpc) is 2.16. The van der Waals surface area contributed by atoms with E-state index >= 15 is 0 Å². The molecule has 15 heavy (non-hydrogen) atoms. The minimum Gasteiger partial charge on any atom is -0.481 e. The Bertz CT molecular complexity index is 336. The minimum atomic E-state index is -0.841. The van der Waals surface area contributed by atoms with Gasteiger partial charge in [0.2, 0.25) is 0 Å². The molecule has 0 spiro atoms. The highest BCUT2D eigenvalue weighted by molar-refractivity contribution is 5.67. The lowest BCUT2D eigenvalue weighted by Crippen LogP contribution is -2.32. The van der Waals surface area contributed by atoms with E-state index in [1.807, 2.05) is 26.0 Å². The summed E-state index contributed by atoms with van der Waals surface area (Å²) in [6, 6.07) is 5.10. The molecule has 0 aliphatic rings. The maximum atomic E-state index is 10.7. The first-order valence-electron chi connectivity index (χ1n) is 4.82. The molecule has 1 aromatic heterocycles. The number of nitrogens with two attached hydrogens (primary N) is 1. The molecule has 0 amide bonds. The van der Waals surface area contributed by atoms with Crippen molar-refractivity contribution in [1.82, 2.24) is 4.98 Å². The van der Waals surface area contributed by atoms with Crippen molar-refractivity contribution in [1.29, 1.82) is 0 Å². The van der Waals surface area contributed by atoms with E-state index < -0.39 is 11.4 Å². The largest absolute Gasteiger partial charge is 0.481 e. The molecule has 0 aliphatic carbocycles. The van der Waals surface area contributed by atoms with Crippen LogP contribution in [0.25, 0.3) is 0 Å². The van der Waals surface area contributed by atoms with Gasteiger partial charge in [0.15, 0.2) is 0 Å². The molecule has 1 atom stereocenters. The van der Waals surface area contributed by atoms with Crippen molar-refractivity contribution in [3.05, 3.63) is 30.1 Å². The van der Waals surface area contributed by atoms with Crippen molar-refractivity contribution in [3.8, 4) is 0 Å². The van der Waals surface area contributed by atoms with Crippen LogP contribution in [0, 0.1) is 5.41 Å². The predicted octanol–water partition coefficient (Wildman–Crippen LogP) is 1.58. The molecule has 0 aromatic carbocycles. The predicted molar refractivity (Wildman–Crippen MR) is 57.2 cm³/mol. The minimum absolute atomic E-state index is 0.0325. The zero-order valence-corrected chi connectivity index (χ0v) is 8.97. The van der Waals surface area contributed by atoms with Crippen molar-refractivity contribution in [2.45, 2.75) is 26.3 Å². The molecule has 0 aliphatic heterocycles. The van der Waals surface area contributed by atoms with Gasteiger partial charge in [-0.15, -0.1) is 0 Å². The van der Waals surface area contributed by atoms with E-state index in [0.717, 1.165) is 5.69 Å². The summed E-state index contributed by atoms with van der Waals surface area (Å²) in [5.74, 6) is -0.841. The van der Waals surface area contributed by atoms with Crippen LogP contribution in [-0.2, 0) is 4.79 Å². The summed E-state index contributed by atoms with van der Waals surface area (Å²) < 4.78 is 0. The van der Waals surface area contributed by atoms with Crippen LogP contribution in [0.4, 0.5) is 0 Å². The van der Waals surface area contributed by atoms with Crippen molar-refractivity contribution >= 4 is 5.97 Å². The Morgan fingerprint density at radius 3 is 2.73 bits per heavy atom. The van der Waals surface area contributed by atoms with Crippen molar-refractivity contribution in [2.24, 2.45) is 11.1 Å². The first-order valence-corrected chi connectivity index (χ1v) is 4.82. The number of aliphatic carboxylic acids is 1. The molecule has 0 radical (unpaired) electrons. The van der Waals surface area contributed by atoms with Gasteiger partial charge < -0.3 is 10.8 Å². The SMILES string of the molecule is CC(C)(CC(=O)O)C(N)c1ccccn1. The topological polar surface area (TPSA) is 76.2 Å². The zero-order chi connectivity index (χ0) is 11.5. The molecule has 4 heteroatoms. The third-order valence-electron chi connectivity index (χ3n) is 2.46. The summed E-state index contributed by atoms with van der Waals surface area (Å²) in [6.07, 6.45) is 1.69. The number of carbonyl (C=O) groups is 1. The van der Waals surface area contributed by atoms with Crippen molar-refractivity contribution < 1.29 is 9.90 Å². The molecule has 1 heterocycles. The van der Waals surface area contributed by atoms with Gasteiger partial charge in [0.05, 0.1) is 18.2 Å². The molecule has 3 N–H and O–H groups in total. The van der Waals surface area contributed by atoms with Crippen LogP contribution >= 0.6 is 0 Å². The second-order valence-electron chi connectivity index (χ2n) is 4.29. The maximum absolute atomic E-state index is 10.7. The van der Waals surface area contributed by atoms with Crippen LogP contribution in [0.15, 0.2) is 24.4 Å². The molecule has 0 saturated heterocycles. The van der Waals surface area contributed by atoms with Gasteiger partial charge in [-0.05, 0) is 17.5 Å². The number of carboxylic acids is 1. The second kappa shape index (κ2) is 4.40. The Labute approximate surface area is 89.1 Å². The molecule has 0 bridgehead atoms. The van der Waals surface area contributed by atoms with Gasteiger partial charge in [0.25, 0.3) is 0 Å². The molecular weight excluding hydrogens is 192 g/mol. The molecule has 1 aromatic rings. The second-order valence-corrected chi connectivity index (χ2v) is 4.29. The van der Waals surface area contributed by atoms with Crippen LogP contribution in [0.2, 0.25) is 0 Å². The van der Waals surface area contributed by atoms with Crippen molar-refractivity contribution in [2.75, 3.05) is 0 Å². The van der Waals surface area contributed by atoms with Gasteiger partial charge in [-0.2, -0.15) is 0 Å². The number of carboxylic acid groups (broad SMARTS) is 1. The molecule has 82 valence electrons. The molecular formula is C11H16N2O2. The van der Waals surface area contributed by atoms with E-state index in [1.165, 1.54) is 0 Å². The van der Waals surface area contributed by atoms with Crippen LogP contribution in [0.3, 0.4) is 0 Å². The fourth-order valence-corrected chi connectivity index (χ4v) is 1.46. The summed E-state index contributed by atoms with van der Waals surface area (Å²) >= 11 is 0. The highest BCUT2D eigenvalue weighted by atomic mass is 16.4. The van der Waals surface area contributed by atoms with Gasteiger partial charge >= 0.3 is 5.97 Å². The van der Waals surface area contributed by atoms with Crippen LogP contribution in [-0.4, -0.2) is 16.1 Å². The smallest absolute Gasteiger partial charge is 0.303 e. The van der Waals surface area contributed by atoms with Crippen LogP contribution in [0.1, 0.15) is 32.0 Å². The summed E-state index contributed by atoms with van der Waals surface area (Å²) in [6.45, 7) is 3.67. The van der Waals surface area contributed by atoms with E-state index in [0.29, 0.717) is 0 Å². The normalized spacial score (nSPS) is 13.5. The Morgan fingerprint density at radius 2 is 2.27 bits per heavy atom. The summed E-state index contributed by atoms with van der Waals surface area (Å²) in [7, 11) is 0. The van der Waals surface area contributed by atoms with Crippen LogP contribution in [0.5, 0.6) is 0 Å². The number of hydrogen-bond acceptors (Lipinski definition) is 3. The van der Waals surface area contributed by atoms with Crippen LogP contribution < -0.4 is 5.73 Å². The third-order valence-corrected chi connectivity index (χ3v) is 2.46. The lowest BCUT2D eigenvalue weighted by molar-refractivity contribution is -0.139. The van der Waals surface area contributed by atoms with E-state index in [4.69, 9.17) is 10.8 Å². The fourth-order valence-electron chi connectivity index (χ4n) is 1.46. The lowest BCUT2D eigenvalue weighted by atomic mass is 9.80. The monoisotopic (exact) mass is 208 g/mol. The van der Waals surface area contributed by atoms with E-state index in [-0.39, 0.29) is 12.5 Å². The van der Waals surface area contributed by atoms with E-state index in [2.05, 4.69) is 4.98 Å². The van der Waals surface area contributed by atoms with Crippen molar-refractivity contribution in [3.63, 3.8) is 0 Å². The quantitative estimate of drug-likeness (QED) is 0.787. The number of aromatic nitrogens is 1. The average molecular weight is 208 g/mol. The lowest BCUT2D eigenvalue weighted by Gasteiger charge is -2.29. The van der Waals surface area contributed by atoms with Gasteiger partial charge in [0.1, 0.15) is 0 Å². The van der Waals surface area contributed by atoms with Gasteiger partial charge in [-0.3, -0.25) is 9.78 Å². The molecule has 4 nitrogen and oxygen atoms in total. The number of rotatable bonds is 4. The molecule has 0 fully saturated rings. The summed E-state index contributed by atoms with van der Waals surface area (Å²) in [5.41, 5.74) is 6.22. The molecule has 1 rings (SSSR count). The number of nitrogens with zero attached hydrogens (tertiary/aromatic N) is 1. The Hall–Kier alpha value is -1.42. The number of pyridine rings is 1. The number of hydrogen-bond donors (Lipinski definition) is 2.